The molecule has 0 radical (unpaired) electrons. The number of nitrogens with zero attached hydrogens (tertiary/aromatic N) is 1. The van der Waals surface area contributed by atoms with Gasteiger partial charge in [0.2, 0.25) is 5.91 Å². The van der Waals surface area contributed by atoms with Gasteiger partial charge in [0.15, 0.2) is 6.29 Å². The molecular weight excluding hydrogens is 362 g/mol. The number of fused-ring (bicyclic) bond motifs is 1. The van der Waals surface area contributed by atoms with Gasteiger partial charge in [0.1, 0.15) is 0 Å². The van der Waals surface area contributed by atoms with Gasteiger partial charge in [-0.15, -0.1) is 0 Å². The molecule has 2 N–H and O–H groups in total. The number of hydrogen-bond donors (Lipinski definition) is 2. The quantitative estimate of drug-likeness (QED) is 0.752. The molecule has 0 bridgehead atoms. The van der Waals surface area contributed by atoms with Crippen molar-refractivity contribution in [3.8, 4) is 11.1 Å². The van der Waals surface area contributed by atoms with Crippen molar-refractivity contribution in [1.82, 2.24) is 0 Å². The van der Waals surface area contributed by atoms with Crippen LogP contribution in [0.25, 0.3) is 11.1 Å². The smallest absolute Gasteiger partial charge is 0.224 e. The van der Waals surface area contributed by atoms with Crippen LogP contribution in [0.4, 0.5) is 5.69 Å². The lowest BCUT2D eigenvalue weighted by molar-refractivity contribution is -0.117. The van der Waals surface area contributed by atoms with Gasteiger partial charge < -0.3 is 15.1 Å². The topological polar surface area (TPSA) is 60.8 Å². The molecule has 154 valence electrons. The van der Waals surface area contributed by atoms with Crippen molar-refractivity contribution in [1.29, 1.82) is 0 Å². The Kier molecular flexibility index (Phi) is 5.50. The highest BCUT2D eigenvalue weighted by atomic mass is 16.5. The van der Waals surface area contributed by atoms with Crippen LogP contribution >= 0.6 is 0 Å². The molecule has 1 aliphatic heterocycles. The number of carbonyl (C=O) groups is 1. The summed E-state index contributed by atoms with van der Waals surface area (Å²) in [7, 11) is 0. The fourth-order valence-corrected chi connectivity index (χ4v) is 5.28. The van der Waals surface area contributed by atoms with Crippen molar-refractivity contribution >= 4 is 11.6 Å². The normalized spacial score (nSPS) is 21.1. The van der Waals surface area contributed by atoms with Crippen LogP contribution in [-0.2, 0) is 16.6 Å². The number of anilines is 1. The molecule has 29 heavy (non-hydrogen) atoms. The summed E-state index contributed by atoms with van der Waals surface area (Å²) in [6.45, 7) is 3.74. The van der Waals surface area contributed by atoms with E-state index in [0.717, 1.165) is 67.3 Å². The van der Waals surface area contributed by atoms with Crippen LogP contribution < -0.4 is 4.90 Å². The van der Waals surface area contributed by atoms with E-state index in [1.54, 1.807) is 6.92 Å². The Bertz CT molecular complexity index is 881. The predicted octanol–water partition coefficient (Wildman–Crippen LogP) is 4.55. The van der Waals surface area contributed by atoms with E-state index in [2.05, 4.69) is 49.4 Å². The van der Waals surface area contributed by atoms with Gasteiger partial charge in [0.25, 0.3) is 0 Å². The number of amides is 1. The van der Waals surface area contributed by atoms with Gasteiger partial charge >= 0.3 is 0 Å². The average Bonchev–Trinajstić information content (AvgIpc) is 2.73. The molecule has 4 heteroatoms. The van der Waals surface area contributed by atoms with E-state index in [-0.39, 0.29) is 11.9 Å². The van der Waals surface area contributed by atoms with E-state index >= 15 is 0 Å². The zero-order chi connectivity index (χ0) is 20.6. The minimum absolute atomic E-state index is 0.0934. The van der Waals surface area contributed by atoms with Crippen molar-refractivity contribution < 1.29 is 15.0 Å². The Morgan fingerprint density at radius 3 is 2.31 bits per heavy atom. The fourth-order valence-electron chi connectivity index (χ4n) is 5.28. The molecule has 1 saturated carbocycles. The average molecular weight is 394 g/mol. The van der Waals surface area contributed by atoms with Crippen molar-refractivity contribution in [2.75, 3.05) is 4.90 Å². The van der Waals surface area contributed by atoms with Crippen LogP contribution in [-0.4, -0.2) is 28.5 Å². The van der Waals surface area contributed by atoms with Crippen LogP contribution in [0.5, 0.6) is 0 Å². The van der Waals surface area contributed by atoms with E-state index in [9.17, 15) is 15.0 Å². The van der Waals surface area contributed by atoms with Crippen molar-refractivity contribution in [3.05, 3.63) is 53.6 Å². The first-order chi connectivity index (χ1) is 13.9. The number of aliphatic hydroxyl groups is 2. The summed E-state index contributed by atoms with van der Waals surface area (Å²) >= 11 is 0. The fraction of sp³-hybridized carbons (Fsp3) is 0.480. The molecule has 1 fully saturated rings. The highest BCUT2D eigenvalue weighted by molar-refractivity contribution is 5.94. The van der Waals surface area contributed by atoms with Crippen molar-refractivity contribution in [2.45, 2.75) is 76.5 Å². The third-order valence-electron chi connectivity index (χ3n) is 6.98. The summed E-state index contributed by atoms with van der Waals surface area (Å²) in [4.78, 5) is 14.0. The number of benzene rings is 2. The molecule has 4 nitrogen and oxygen atoms in total. The summed E-state index contributed by atoms with van der Waals surface area (Å²) in [5, 5.41) is 20.2. The van der Waals surface area contributed by atoms with E-state index < -0.39 is 11.7 Å². The van der Waals surface area contributed by atoms with Crippen LogP contribution in [0.2, 0.25) is 0 Å². The molecule has 2 aliphatic rings. The van der Waals surface area contributed by atoms with Crippen molar-refractivity contribution in [3.63, 3.8) is 0 Å². The molecule has 0 spiro atoms. The molecule has 2 aromatic carbocycles. The van der Waals surface area contributed by atoms with Crippen LogP contribution in [0.15, 0.2) is 42.5 Å². The standard InChI is InChI=1S/C25H31NO3/c1-17-6-7-21-16-20(10-13-23(21)26(17)18(2)27)19-8-11-22(12-9-19)25(24(28)29)14-4-3-5-15-25/h8-13,16-17,24,28-29H,3-7,14-15H2,1-2H3. The van der Waals surface area contributed by atoms with E-state index in [0.29, 0.717) is 0 Å². The molecule has 2 aromatic rings. The highest BCUT2D eigenvalue weighted by Gasteiger charge is 2.39. The monoisotopic (exact) mass is 393 g/mol. The zero-order valence-corrected chi connectivity index (χ0v) is 17.4. The zero-order valence-electron chi connectivity index (χ0n) is 17.4. The lowest BCUT2D eigenvalue weighted by Gasteiger charge is -2.39. The van der Waals surface area contributed by atoms with Crippen molar-refractivity contribution in [2.24, 2.45) is 0 Å². The summed E-state index contributed by atoms with van der Waals surface area (Å²) in [5.74, 6) is 0.0934. The lowest BCUT2D eigenvalue weighted by atomic mass is 9.68. The van der Waals surface area contributed by atoms with Gasteiger partial charge in [0, 0.05) is 24.1 Å². The molecular formula is C25H31NO3. The van der Waals surface area contributed by atoms with Crippen LogP contribution in [0.1, 0.15) is 63.5 Å². The second-order valence-corrected chi connectivity index (χ2v) is 8.79. The van der Waals surface area contributed by atoms with Gasteiger partial charge in [-0.25, -0.2) is 0 Å². The predicted molar refractivity (Wildman–Crippen MR) is 116 cm³/mol. The van der Waals surface area contributed by atoms with Crippen LogP contribution in [0, 0.1) is 0 Å². The summed E-state index contributed by atoms with van der Waals surface area (Å²) < 4.78 is 0. The number of rotatable bonds is 3. The lowest BCUT2D eigenvalue weighted by Crippen LogP contribution is -2.41. The van der Waals surface area contributed by atoms with E-state index in [1.807, 2.05) is 4.90 Å². The maximum Gasteiger partial charge on any atom is 0.224 e. The Balaban J connectivity index is 1.64. The minimum atomic E-state index is -1.32. The molecule has 1 aliphatic carbocycles. The van der Waals surface area contributed by atoms with Gasteiger partial charge in [-0.1, -0.05) is 49.6 Å². The van der Waals surface area contributed by atoms with Gasteiger partial charge in [-0.05, 0) is 67.0 Å². The first-order valence-electron chi connectivity index (χ1n) is 10.8. The van der Waals surface area contributed by atoms with Gasteiger partial charge in [0.05, 0.1) is 0 Å². The number of aliphatic hydroxyl groups excluding tert-OH is 1. The molecule has 1 unspecified atom stereocenters. The van der Waals surface area contributed by atoms with E-state index in [1.165, 1.54) is 5.56 Å². The molecule has 1 heterocycles. The second-order valence-electron chi connectivity index (χ2n) is 8.79. The van der Waals surface area contributed by atoms with E-state index in [4.69, 9.17) is 0 Å². The van der Waals surface area contributed by atoms with Crippen LogP contribution in [0.3, 0.4) is 0 Å². The second kappa shape index (κ2) is 7.92. The Morgan fingerprint density at radius 1 is 1.03 bits per heavy atom. The summed E-state index contributed by atoms with van der Waals surface area (Å²) in [6.07, 6.45) is 5.51. The SMILES string of the molecule is CC(=O)N1c2ccc(-c3ccc(C4(C(O)O)CCCCC4)cc3)cc2CCC1C. The summed E-state index contributed by atoms with van der Waals surface area (Å²) in [6, 6.07) is 14.9. The Morgan fingerprint density at radius 2 is 1.69 bits per heavy atom. The molecule has 1 atom stereocenters. The highest BCUT2D eigenvalue weighted by Crippen LogP contribution is 2.42. The first-order valence-corrected chi connectivity index (χ1v) is 10.8. The first kappa shape index (κ1) is 20.1. The molecule has 4 rings (SSSR count). The minimum Gasteiger partial charge on any atom is -0.367 e. The molecule has 0 aromatic heterocycles. The number of carbonyl (C=O) groups excluding carboxylic acids is 1. The molecule has 0 saturated heterocycles. The third kappa shape index (κ3) is 3.60. The largest absolute Gasteiger partial charge is 0.367 e. The Hall–Kier alpha value is -2.17. The Labute approximate surface area is 173 Å². The van der Waals surface area contributed by atoms with Gasteiger partial charge in [-0.3, -0.25) is 4.79 Å². The maximum atomic E-state index is 12.1. The molecule has 1 amide bonds. The number of aryl methyl sites for hydroxylation is 1. The van der Waals surface area contributed by atoms with Gasteiger partial charge in [-0.2, -0.15) is 0 Å². The third-order valence-corrected chi connectivity index (χ3v) is 6.98. The maximum absolute atomic E-state index is 12.1. The number of hydrogen-bond acceptors (Lipinski definition) is 3. The summed E-state index contributed by atoms with van der Waals surface area (Å²) in [5.41, 5.74) is 4.98.